The zero-order valence-electron chi connectivity index (χ0n) is 9.37. The number of cyclic esters (lactones) is 1. The summed E-state index contributed by atoms with van der Waals surface area (Å²) in [6.07, 6.45) is 5.45. The summed E-state index contributed by atoms with van der Waals surface area (Å²) in [6, 6.07) is 1.06. The van der Waals surface area contributed by atoms with Crippen molar-refractivity contribution in [2.75, 3.05) is 20.2 Å². The molecule has 0 unspecified atom stereocenters. The molecule has 1 saturated heterocycles. The predicted molar refractivity (Wildman–Crippen MR) is 57.8 cm³/mol. The van der Waals surface area contributed by atoms with Crippen LogP contribution in [0.3, 0.4) is 0 Å². The van der Waals surface area contributed by atoms with Crippen LogP contribution in [0.2, 0.25) is 0 Å². The highest BCUT2D eigenvalue weighted by molar-refractivity contribution is 5.68. The predicted octanol–water partition coefficient (Wildman–Crippen LogP) is 1.36. The Morgan fingerprint density at radius 2 is 2.07 bits per heavy atom. The maximum atomic E-state index is 11.5. The summed E-state index contributed by atoms with van der Waals surface area (Å²) in [5.74, 6) is 0. The number of hydrogen-bond donors (Lipinski definition) is 1. The molecule has 86 valence electrons. The van der Waals surface area contributed by atoms with Crippen molar-refractivity contribution in [3.05, 3.63) is 0 Å². The van der Waals surface area contributed by atoms with Crippen LogP contribution in [0.5, 0.6) is 0 Å². The van der Waals surface area contributed by atoms with Crippen LogP contribution >= 0.6 is 0 Å². The lowest BCUT2D eigenvalue weighted by Gasteiger charge is -2.38. The lowest BCUT2D eigenvalue weighted by atomic mass is 9.90. The molecule has 2 rings (SSSR count). The van der Waals surface area contributed by atoms with Crippen molar-refractivity contribution >= 4 is 6.09 Å². The van der Waals surface area contributed by atoms with Crippen LogP contribution in [0, 0.1) is 0 Å². The van der Waals surface area contributed by atoms with E-state index in [1.54, 1.807) is 0 Å². The van der Waals surface area contributed by atoms with Crippen LogP contribution in [0.15, 0.2) is 0 Å². The first-order valence-electron chi connectivity index (χ1n) is 5.92. The van der Waals surface area contributed by atoms with Gasteiger partial charge in [0.1, 0.15) is 0 Å². The number of rotatable bonds is 2. The molecule has 0 aromatic rings. The van der Waals surface area contributed by atoms with Crippen LogP contribution < -0.4 is 5.32 Å². The van der Waals surface area contributed by atoms with Gasteiger partial charge in [-0.25, -0.2) is 4.79 Å². The van der Waals surface area contributed by atoms with Gasteiger partial charge >= 0.3 is 6.09 Å². The number of carbonyl (C=O) groups is 1. The van der Waals surface area contributed by atoms with E-state index in [4.69, 9.17) is 4.74 Å². The maximum absolute atomic E-state index is 11.5. The highest BCUT2D eigenvalue weighted by Gasteiger charge is 2.30. The molecule has 2 fully saturated rings. The van der Waals surface area contributed by atoms with Gasteiger partial charge < -0.3 is 15.0 Å². The maximum Gasteiger partial charge on any atom is 0.410 e. The van der Waals surface area contributed by atoms with Crippen molar-refractivity contribution in [3.8, 4) is 0 Å². The van der Waals surface area contributed by atoms with Gasteiger partial charge in [0.05, 0.1) is 6.61 Å². The molecule has 0 radical (unpaired) electrons. The van der Waals surface area contributed by atoms with E-state index in [1.165, 1.54) is 12.8 Å². The van der Waals surface area contributed by atoms with E-state index in [2.05, 4.69) is 5.32 Å². The molecule has 0 spiro atoms. The highest BCUT2D eigenvalue weighted by atomic mass is 16.6. The van der Waals surface area contributed by atoms with Crippen molar-refractivity contribution in [1.29, 1.82) is 0 Å². The van der Waals surface area contributed by atoms with Crippen molar-refractivity contribution in [2.45, 2.75) is 44.2 Å². The molecule has 0 aromatic heterocycles. The average molecular weight is 212 g/mol. The van der Waals surface area contributed by atoms with Gasteiger partial charge in [-0.1, -0.05) is 0 Å². The molecule has 15 heavy (non-hydrogen) atoms. The zero-order valence-corrected chi connectivity index (χ0v) is 9.37. The smallest absolute Gasteiger partial charge is 0.410 e. The molecule has 1 N–H and O–H groups in total. The second-order valence-corrected chi connectivity index (χ2v) is 4.46. The number of nitrogens with one attached hydrogen (secondary N) is 1. The Labute approximate surface area is 91.0 Å². The second kappa shape index (κ2) is 4.84. The number of nitrogens with zero attached hydrogens (tertiary/aromatic N) is 1. The van der Waals surface area contributed by atoms with E-state index in [1.807, 2.05) is 11.9 Å². The summed E-state index contributed by atoms with van der Waals surface area (Å²) in [6.45, 7) is 1.48. The van der Waals surface area contributed by atoms with E-state index in [0.29, 0.717) is 18.7 Å². The minimum Gasteiger partial charge on any atom is -0.449 e. The van der Waals surface area contributed by atoms with E-state index >= 15 is 0 Å². The topological polar surface area (TPSA) is 41.6 Å². The number of carbonyl (C=O) groups excluding carboxylic acids is 1. The second-order valence-electron chi connectivity index (χ2n) is 4.46. The minimum absolute atomic E-state index is 0.103. The van der Waals surface area contributed by atoms with Crippen LogP contribution in [0.4, 0.5) is 4.79 Å². The Morgan fingerprint density at radius 3 is 2.67 bits per heavy atom. The molecule has 4 heteroatoms. The fourth-order valence-corrected chi connectivity index (χ4v) is 2.58. The first-order valence-corrected chi connectivity index (χ1v) is 5.92. The standard InChI is InChI=1S/C11H20N2O2/c1-12-9-3-5-10(6-4-9)13-7-2-8-15-11(13)14/h9-10,12H,2-8H2,1H3. The number of amides is 1. The Morgan fingerprint density at radius 1 is 1.33 bits per heavy atom. The molecule has 0 bridgehead atoms. The SMILES string of the molecule is CNC1CCC(N2CCCOC2=O)CC1. The third kappa shape index (κ3) is 2.43. The van der Waals surface area contributed by atoms with Crippen molar-refractivity contribution in [1.82, 2.24) is 10.2 Å². The van der Waals surface area contributed by atoms with Gasteiger partial charge in [0.2, 0.25) is 0 Å². The van der Waals surface area contributed by atoms with E-state index in [-0.39, 0.29) is 6.09 Å². The Bertz CT molecular complexity index is 225. The summed E-state index contributed by atoms with van der Waals surface area (Å²) in [5.41, 5.74) is 0. The first-order chi connectivity index (χ1) is 7.31. The Hall–Kier alpha value is -0.770. The van der Waals surface area contributed by atoms with Gasteiger partial charge in [-0.2, -0.15) is 0 Å². The molecular formula is C11H20N2O2. The highest BCUT2D eigenvalue weighted by Crippen LogP contribution is 2.24. The van der Waals surface area contributed by atoms with Crippen LogP contribution in [0.25, 0.3) is 0 Å². The van der Waals surface area contributed by atoms with Crippen molar-refractivity contribution in [2.24, 2.45) is 0 Å². The number of hydrogen-bond acceptors (Lipinski definition) is 3. The van der Waals surface area contributed by atoms with E-state index in [0.717, 1.165) is 25.8 Å². The summed E-state index contributed by atoms with van der Waals surface area (Å²) >= 11 is 0. The van der Waals surface area contributed by atoms with Crippen molar-refractivity contribution < 1.29 is 9.53 Å². The molecule has 1 saturated carbocycles. The normalized spacial score (nSPS) is 32.6. The summed E-state index contributed by atoms with van der Waals surface area (Å²) in [7, 11) is 2.01. The van der Waals surface area contributed by atoms with E-state index in [9.17, 15) is 4.79 Å². The fraction of sp³-hybridized carbons (Fsp3) is 0.909. The molecule has 1 heterocycles. The fourth-order valence-electron chi connectivity index (χ4n) is 2.58. The molecule has 1 aliphatic heterocycles. The lowest BCUT2D eigenvalue weighted by molar-refractivity contribution is 0.0449. The van der Waals surface area contributed by atoms with E-state index < -0.39 is 0 Å². The number of ether oxygens (including phenoxy) is 1. The molecule has 2 aliphatic rings. The lowest BCUT2D eigenvalue weighted by Crippen LogP contribution is -2.47. The summed E-state index contributed by atoms with van der Waals surface area (Å²) in [5, 5.41) is 3.30. The zero-order chi connectivity index (χ0) is 10.7. The van der Waals surface area contributed by atoms with Crippen molar-refractivity contribution in [3.63, 3.8) is 0 Å². The quantitative estimate of drug-likeness (QED) is 0.751. The Balaban J connectivity index is 1.86. The molecule has 0 atom stereocenters. The summed E-state index contributed by atoms with van der Waals surface area (Å²) in [4.78, 5) is 13.5. The molecule has 4 nitrogen and oxygen atoms in total. The van der Waals surface area contributed by atoms with Gasteiger partial charge in [-0.15, -0.1) is 0 Å². The average Bonchev–Trinajstić information content (AvgIpc) is 2.30. The monoisotopic (exact) mass is 212 g/mol. The molecule has 0 aromatic carbocycles. The van der Waals surface area contributed by atoms with Gasteiger partial charge in [-0.3, -0.25) is 0 Å². The van der Waals surface area contributed by atoms with Gasteiger partial charge in [0.15, 0.2) is 0 Å². The van der Waals surface area contributed by atoms with Gasteiger partial charge in [0, 0.05) is 18.6 Å². The first kappa shape index (κ1) is 10.7. The van der Waals surface area contributed by atoms with Gasteiger partial charge in [0.25, 0.3) is 0 Å². The molecule has 1 aliphatic carbocycles. The summed E-state index contributed by atoms with van der Waals surface area (Å²) < 4.78 is 5.07. The van der Waals surface area contributed by atoms with Gasteiger partial charge in [-0.05, 0) is 39.2 Å². The molecular weight excluding hydrogens is 192 g/mol. The van der Waals surface area contributed by atoms with Crippen LogP contribution in [0.1, 0.15) is 32.1 Å². The molecule has 1 amide bonds. The third-order valence-corrected chi connectivity index (χ3v) is 3.55. The largest absolute Gasteiger partial charge is 0.449 e. The van der Waals surface area contributed by atoms with Crippen LogP contribution in [-0.2, 0) is 4.74 Å². The Kier molecular flexibility index (Phi) is 3.46. The third-order valence-electron chi connectivity index (χ3n) is 3.55. The minimum atomic E-state index is -0.103. The van der Waals surface area contributed by atoms with Crippen LogP contribution in [-0.4, -0.2) is 43.3 Å².